The third-order valence-electron chi connectivity index (χ3n) is 5.08. The molecule has 3 aromatic carbocycles. The van der Waals surface area contributed by atoms with Gasteiger partial charge in [0.1, 0.15) is 12.4 Å². The average molecular weight is 515 g/mol. The zero-order valence-corrected chi connectivity index (χ0v) is 20.3. The monoisotopic (exact) mass is 514 g/mol. The van der Waals surface area contributed by atoms with E-state index in [9.17, 15) is 18.0 Å². The lowest BCUT2D eigenvalue weighted by Gasteiger charge is -2.10. The van der Waals surface area contributed by atoms with Gasteiger partial charge in [0, 0.05) is 16.3 Å². The molecule has 10 heteroatoms. The topological polar surface area (TPSA) is 51.9 Å². The summed E-state index contributed by atoms with van der Waals surface area (Å²) in [7, 11) is 0. The number of nitrogens with zero attached hydrogens (tertiary/aromatic N) is 3. The first-order valence-electron chi connectivity index (χ1n) is 10.6. The number of aromatic nitrogens is 3. The fourth-order valence-electron chi connectivity index (χ4n) is 3.38. The zero-order chi connectivity index (χ0) is 25.0. The van der Waals surface area contributed by atoms with Gasteiger partial charge in [0.05, 0.1) is 11.3 Å². The molecule has 0 radical (unpaired) electrons. The minimum absolute atomic E-state index is 0.0500. The van der Waals surface area contributed by atoms with Crippen molar-refractivity contribution in [2.45, 2.75) is 30.3 Å². The Balaban J connectivity index is 1.57. The summed E-state index contributed by atoms with van der Waals surface area (Å²) in [5.74, 6) is 0.624. The molecule has 5 nitrogen and oxygen atoms in total. The van der Waals surface area contributed by atoms with Gasteiger partial charge in [-0.1, -0.05) is 42.0 Å². The van der Waals surface area contributed by atoms with E-state index in [2.05, 4.69) is 10.4 Å². The highest BCUT2D eigenvalue weighted by Gasteiger charge is 2.30. The number of carbonyl (C=O) groups excluding carboxylic acids is 1. The Kier molecular flexibility index (Phi) is 7.42. The van der Waals surface area contributed by atoms with Gasteiger partial charge in [0.15, 0.2) is 0 Å². The lowest BCUT2D eigenvalue weighted by atomic mass is 10.2. The second kappa shape index (κ2) is 10.5. The maximum atomic E-state index is 13.0. The summed E-state index contributed by atoms with van der Waals surface area (Å²) >= 11 is 7.21. The van der Waals surface area contributed by atoms with E-state index >= 15 is 0 Å². The molecule has 35 heavy (non-hydrogen) atoms. The number of carbonyl (C=O) groups is 1. The van der Waals surface area contributed by atoms with Crippen LogP contribution < -0.4 is 5.32 Å². The number of nitrogens with one attached hydrogen (secondary N) is 1. The van der Waals surface area contributed by atoms with Gasteiger partial charge in [0.25, 0.3) is 0 Å². The summed E-state index contributed by atoms with van der Waals surface area (Å²) in [4.78, 5) is 13.7. The average Bonchev–Trinajstić information content (AvgIpc) is 3.13. The van der Waals surface area contributed by atoms with Crippen molar-refractivity contribution in [3.63, 3.8) is 0 Å². The van der Waals surface area contributed by atoms with Crippen molar-refractivity contribution in [2.24, 2.45) is 0 Å². The van der Waals surface area contributed by atoms with Crippen LogP contribution in [-0.4, -0.2) is 20.3 Å². The molecule has 0 saturated carbocycles. The molecule has 0 aliphatic rings. The SMILES string of the molecule is Cc1ccc(SCc2nn(CC(=O)Nc3cccc(C(F)(F)F)c3)c(=S)n2-c2ccccc2)cc1. The number of benzene rings is 3. The summed E-state index contributed by atoms with van der Waals surface area (Å²) in [6.07, 6.45) is -4.50. The number of halogens is 3. The molecule has 0 saturated heterocycles. The molecule has 0 aliphatic heterocycles. The fraction of sp³-hybridized carbons (Fsp3) is 0.160. The van der Waals surface area contributed by atoms with E-state index in [1.165, 1.54) is 16.8 Å². The van der Waals surface area contributed by atoms with Gasteiger partial charge in [0.2, 0.25) is 10.7 Å². The highest BCUT2D eigenvalue weighted by atomic mass is 32.2. The van der Waals surface area contributed by atoms with Crippen LogP contribution in [0.1, 0.15) is 17.0 Å². The molecule has 0 aliphatic carbocycles. The number of alkyl halides is 3. The molecule has 0 fully saturated rings. The normalized spacial score (nSPS) is 11.4. The second-order valence-corrected chi connectivity index (χ2v) is 9.17. The molecular weight excluding hydrogens is 493 g/mol. The molecule has 1 aromatic heterocycles. The zero-order valence-electron chi connectivity index (χ0n) is 18.6. The van der Waals surface area contributed by atoms with Crippen LogP contribution in [0.15, 0.2) is 83.8 Å². The van der Waals surface area contributed by atoms with E-state index in [0.717, 1.165) is 28.3 Å². The van der Waals surface area contributed by atoms with E-state index in [1.54, 1.807) is 16.3 Å². The van der Waals surface area contributed by atoms with E-state index < -0.39 is 17.6 Å². The van der Waals surface area contributed by atoms with Gasteiger partial charge in [-0.05, 0) is 61.6 Å². The number of thioether (sulfide) groups is 1. The molecule has 0 spiro atoms. The smallest absolute Gasteiger partial charge is 0.324 e. The first kappa shape index (κ1) is 24.7. The Morgan fingerprint density at radius 2 is 1.74 bits per heavy atom. The molecule has 0 unspecified atom stereocenters. The predicted octanol–water partition coefficient (Wildman–Crippen LogP) is 6.66. The van der Waals surface area contributed by atoms with Gasteiger partial charge in [-0.2, -0.15) is 18.3 Å². The Morgan fingerprint density at radius 3 is 2.43 bits per heavy atom. The van der Waals surface area contributed by atoms with E-state index in [0.29, 0.717) is 16.3 Å². The minimum Gasteiger partial charge on any atom is -0.324 e. The molecule has 180 valence electrons. The highest BCUT2D eigenvalue weighted by Crippen LogP contribution is 2.30. The maximum absolute atomic E-state index is 13.0. The van der Waals surface area contributed by atoms with Crippen LogP contribution >= 0.6 is 24.0 Å². The Morgan fingerprint density at radius 1 is 1.03 bits per heavy atom. The number of para-hydroxylation sites is 1. The first-order chi connectivity index (χ1) is 16.7. The number of hydrogen-bond donors (Lipinski definition) is 1. The molecule has 4 rings (SSSR count). The first-order valence-corrected chi connectivity index (χ1v) is 12.0. The lowest BCUT2D eigenvalue weighted by molar-refractivity contribution is -0.137. The van der Waals surface area contributed by atoms with E-state index in [4.69, 9.17) is 12.2 Å². The fourth-order valence-corrected chi connectivity index (χ4v) is 4.51. The van der Waals surface area contributed by atoms with Gasteiger partial charge in [-0.15, -0.1) is 11.8 Å². The predicted molar refractivity (Wildman–Crippen MR) is 133 cm³/mol. The van der Waals surface area contributed by atoms with Crippen molar-refractivity contribution < 1.29 is 18.0 Å². The van der Waals surface area contributed by atoms with Gasteiger partial charge < -0.3 is 5.32 Å². The van der Waals surface area contributed by atoms with Crippen LogP contribution in [0.25, 0.3) is 5.69 Å². The van der Waals surface area contributed by atoms with Crippen molar-refractivity contribution >= 4 is 35.6 Å². The molecule has 1 amide bonds. The van der Waals surface area contributed by atoms with Crippen molar-refractivity contribution in [1.29, 1.82) is 0 Å². The number of aryl methyl sites for hydroxylation is 1. The largest absolute Gasteiger partial charge is 0.416 e. The van der Waals surface area contributed by atoms with Gasteiger partial charge >= 0.3 is 6.18 Å². The second-order valence-electron chi connectivity index (χ2n) is 7.76. The van der Waals surface area contributed by atoms with Crippen LogP contribution in [0.3, 0.4) is 0 Å². The molecule has 4 aromatic rings. The third kappa shape index (κ3) is 6.20. The summed E-state index contributed by atoms with van der Waals surface area (Å²) < 4.78 is 42.4. The number of amides is 1. The Bertz CT molecular complexity index is 1380. The van der Waals surface area contributed by atoms with E-state index in [1.807, 2.05) is 61.5 Å². The maximum Gasteiger partial charge on any atom is 0.416 e. The number of rotatable bonds is 7. The Labute approximate surface area is 209 Å². The van der Waals surface area contributed by atoms with Gasteiger partial charge in [-0.25, -0.2) is 4.68 Å². The summed E-state index contributed by atoms with van der Waals surface area (Å²) in [5.41, 5.74) is 1.18. The standard InChI is InChI=1S/C25H21F3N4OS2/c1-17-10-12-21(13-11-17)35-16-22-30-31(24(34)32(22)20-8-3-2-4-9-20)15-23(33)29-19-7-5-6-18(14-19)25(26,27)28/h2-14H,15-16H2,1H3,(H,29,33). The number of anilines is 1. The number of hydrogen-bond acceptors (Lipinski definition) is 4. The quantitative estimate of drug-likeness (QED) is 0.221. The molecule has 0 atom stereocenters. The molecular formula is C25H21F3N4OS2. The third-order valence-corrected chi connectivity index (χ3v) is 6.48. The van der Waals surface area contributed by atoms with Crippen LogP contribution in [0.4, 0.5) is 18.9 Å². The summed E-state index contributed by atoms with van der Waals surface area (Å²) in [6.45, 7) is 1.78. The summed E-state index contributed by atoms with van der Waals surface area (Å²) in [5, 5.41) is 7.07. The molecule has 1 N–H and O–H groups in total. The van der Waals surface area contributed by atoms with Crippen molar-refractivity contribution in [3.05, 3.63) is 101 Å². The van der Waals surface area contributed by atoms with Crippen molar-refractivity contribution in [2.75, 3.05) is 5.32 Å². The molecule has 1 heterocycles. The van der Waals surface area contributed by atoms with Crippen LogP contribution in [0, 0.1) is 11.7 Å². The van der Waals surface area contributed by atoms with Gasteiger partial charge in [-0.3, -0.25) is 9.36 Å². The Hall–Kier alpha value is -3.37. The minimum atomic E-state index is -4.50. The van der Waals surface area contributed by atoms with Crippen LogP contribution in [0.5, 0.6) is 0 Å². The van der Waals surface area contributed by atoms with Crippen molar-refractivity contribution in [3.8, 4) is 5.69 Å². The summed E-state index contributed by atoms with van der Waals surface area (Å²) in [6, 6.07) is 22.0. The van der Waals surface area contributed by atoms with Crippen LogP contribution in [0.2, 0.25) is 0 Å². The van der Waals surface area contributed by atoms with E-state index in [-0.39, 0.29) is 12.2 Å². The van der Waals surface area contributed by atoms with Crippen LogP contribution in [-0.2, 0) is 23.3 Å². The lowest BCUT2D eigenvalue weighted by Crippen LogP contribution is -2.20. The highest BCUT2D eigenvalue weighted by molar-refractivity contribution is 7.98. The molecule has 0 bridgehead atoms. The van der Waals surface area contributed by atoms with Crippen molar-refractivity contribution in [1.82, 2.24) is 14.3 Å².